The standard InChI is InChI=1S/C16H24ClNO2/c1-2-20-12-13-7-9-18(10-8-13)11-16(19)14-5-3-4-6-15(14)17/h3-6,13,16,19H,2,7-12H2,1H3. The molecule has 1 atom stereocenters. The van der Waals surface area contributed by atoms with E-state index in [4.69, 9.17) is 16.3 Å². The molecule has 3 nitrogen and oxygen atoms in total. The highest BCUT2D eigenvalue weighted by Crippen LogP contribution is 2.25. The molecule has 1 unspecified atom stereocenters. The molecule has 0 aliphatic carbocycles. The van der Waals surface area contributed by atoms with Crippen molar-refractivity contribution in [2.45, 2.75) is 25.9 Å². The number of β-amino-alcohol motifs (C(OH)–C–C–N with tert-alkyl or cyclic N) is 1. The highest BCUT2D eigenvalue weighted by Gasteiger charge is 2.22. The molecular weight excluding hydrogens is 274 g/mol. The quantitative estimate of drug-likeness (QED) is 0.876. The Hall–Kier alpha value is -0.610. The van der Waals surface area contributed by atoms with Gasteiger partial charge in [-0.15, -0.1) is 0 Å². The van der Waals surface area contributed by atoms with E-state index in [9.17, 15) is 5.11 Å². The van der Waals surface area contributed by atoms with E-state index in [1.165, 1.54) is 0 Å². The van der Waals surface area contributed by atoms with Crippen molar-refractivity contribution >= 4 is 11.6 Å². The van der Waals surface area contributed by atoms with Gasteiger partial charge in [-0.1, -0.05) is 29.8 Å². The molecule has 1 fully saturated rings. The van der Waals surface area contributed by atoms with Gasteiger partial charge in [0.15, 0.2) is 0 Å². The van der Waals surface area contributed by atoms with Crippen molar-refractivity contribution in [3.63, 3.8) is 0 Å². The van der Waals surface area contributed by atoms with Crippen LogP contribution in [0.1, 0.15) is 31.4 Å². The highest BCUT2D eigenvalue weighted by atomic mass is 35.5. The van der Waals surface area contributed by atoms with Crippen molar-refractivity contribution in [1.29, 1.82) is 0 Å². The Kier molecular flexibility index (Phi) is 6.30. The minimum atomic E-state index is -0.507. The number of aliphatic hydroxyl groups is 1. The highest BCUT2D eigenvalue weighted by molar-refractivity contribution is 6.31. The van der Waals surface area contributed by atoms with Gasteiger partial charge in [0.2, 0.25) is 0 Å². The average molecular weight is 298 g/mol. The number of benzene rings is 1. The van der Waals surface area contributed by atoms with E-state index in [1.807, 2.05) is 31.2 Å². The van der Waals surface area contributed by atoms with Crippen LogP contribution in [0.3, 0.4) is 0 Å². The smallest absolute Gasteiger partial charge is 0.0931 e. The lowest BCUT2D eigenvalue weighted by Crippen LogP contribution is -2.37. The molecule has 0 radical (unpaired) electrons. The molecule has 20 heavy (non-hydrogen) atoms. The lowest BCUT2D eigenvalue weighted by molar-refractivity contribution is 0.0535. The van der Waals surface area contributed by atoms with Crippen LogP contribution < -0.4 is 0 Å². The summed E-state index contributed by atoms with van der Waals surface area (Å²) >= 11 is 6.12. The number of ether oxygens (including phenoxy) is 1. The molecule has 0 amide bonds. The fraction of sp³-hybridized carbons (Fsp3) is 0.625. The molecule has 0 bridgehead atoms. The van der Waals surface area contributed by atoms with Gasteiger partial charge in [-0.25, -0.2) is 0 Å². The molecule has 1 saturated heterocycles. The maximum absolute atomic E-state index is 10.3. The molecule has 1 aliphatic rings. The minimum absolute atomic E-state index is 0.507. The SMILES string of the molecule is CCOCC1CCN(CC(O)c2ccccc2Cl)CC1. The van der Waals surface area contributed by atoms with Crippen molar-refractivity contribution in [2.75, 3.05) is 32.8 Å². The largest absolute Gasteiger partial charge is 0.387 e. The minimum Gasteiger partial charge on any atom is -0.387 e. The first-order valence-corrected chi connectivity index (χ1v) is 7.81. The summed E-state index contributed by atoms with van der Waals surface area (Å²) < 4.78 is 5.49. The van der Waals surface area contributed by atoms with Gasteiger partial charge in [-0.2, -0.15) is 0 Å². The van der Waals surface area contributed by atoms with Gasteiger partial charge in [0, 0.05) is 30.3 Å². The third-order valence-corrected chi connectivity index (χ3v) is 4.30. The fourth-order valence-corrected chi connectivity index (χ4v) is 2.97. The van der Waals surface area contributed by atoms with Crippen molar-refractivity contribution in [1.82, 2.24) is 4.90 Å². The Labute approximate surface area is 126 Å². The maximum atomic E-state index is 10.3. The van der Waals surface area contributed by atoms with Crippen LogP contribution in [0.2, 0.25) is 5.02 Å². The van der Waals surface area contributed by atoms with Crippen LogP contribution in [0.5, 0.6) is 0 Å². The Morgan fingerprint density at radius 1 is 1.35 bits per heavy atom. The molecule has 0 aromatic heterocycles. The average Bonchev–Trinajstić information content (AvgIpc) is 2.47. The third kappa shape index (κ3) is 4.45. The second-order valence-electron chi connectivity index (χ2n) is 5.44. The number of rotatable bonds is 6. The second-order valence-corrected chi connectivity index (χ2v) is 5.85. The van der Waals surface area contributed by atoms with Gasteiger partial charge < -0.3 is 14.7 Å². The van der Waals surface area contributed by atoms with E-state index in [-0.39, 0.29) is 0 Å². The predicted molar refractivity (Wildman–Crippen MR) is 82.1 cm³/mol. The summed E-state index contributed by atoms with van der Waals surface area (Å²) in [6.07, 6.45) is 1.79. The number of halogens is 1. The second kappa shape index (κ2) is 7.99. The molecule has 0 spiro atoms. The lowest BCUT2D eigenvalue weighted by atomic mass is 9.97. The summed E-state index contributed by atoms with van der Waals surface area (Å²) in [5, 5.41) is 11.0. The molecule has 4 heteroatoms. The van der Waals surface area contributed by atoms with Crippen molar-refractivity contribution in [3.8, 4) is 0 Å². The summed E-state index contributed by atoms with van der Waals surface area (Å²) in [5.74, 6) is 0.670. The van der Waals surface area contributed by atoms with Crippen LogP contribution in [0.4, 0.5) is 0 Å². The Balaban J connectivity index is 1.79. The zero-order chi connectivity index (χ0) is 14.4. The van der Waals surface area contributed by atoms with Crippen LogP contribution in [0.25, 0.3) is 0 Å². The fourth-order valence-electron chi connectivity index (χ4n) is 2.71. The first-order chi connectivity index (χ1) is 9.70. The summed E-state index contributed by atoms with van der Waals surface area (Å²) in [6, 6.07) is 7.53. The normalized spacial score (nSPS) is 19.1. The van der Waals surface area contributed by atoms with Crippen LogP contribution in [0, 0.1) is 5.92 Å². The first-order valence-electron chi connectivity index (χ1n) is 7.43. The molecule has 112 valence electrons. The zero-order valence-electron chi connectivity index (χ0n) is 12.1. The molecule has 1 aliphatic heterocycles. The lowest BCUT2D eigenvalue weighted by Gasteiger charge is -2.33. The molecule has 1 aromatic carbocycles. The Morgan fingerprint density at radius 2 is 2.05 bits per heavy atom. The number of hydrogen-bond acceptors (Lipinski definition) is 3. The topological polar surface area (TPSA) is 32.7 Å². The van der Waals surface area contributed by atoms with E-state index < -0.39 is 6.10 Å². The van der Waals surface area contributed by atoms with E-state index >= 15 is 0 Å². The summed E-state index contributed by atoms with van der Waals surface area (Å²) in [4.78, 5) is 2.32. The summed E-state index contributed by atoms with van der Waals surface area (Å²) in [5.41, 5.74) is 0.825. The Bertz CT molecular complexity index is 405. The molecule has 1 aromatic rings. The molecular formula is C16H24ClNO2. The van der Waals surface area contributed by atoms with Gasteiger partial charge >= 0.3 is 0 Å². The summed E-state index contributed by atoms with van der Waals surface area (Å²) in [6.45, 7) is 6.42. The number of aliphatic hydroxyl groups excluding tert-OH is 1. The predicted octanol–water partition coefficient (Wildman–Crippen LogP) is 3.12. The number of piperidine rings is 1. The van der Waals surface area contributed by atoms with E-state index in [2.05, 4.69) is 4.90 Å². The van der Waals surface area contributed by atoms with Crippen molar-refractivity contribution in [3.05, 3.63) is 34.9 Å². The van der Waals surface area contributed by atoms with Gasteiger partial charge in [0.05, 0.1) is 6.10 Å². The van der Waals surface area contributed by atoms with Gasteiger partial charge in [0.1, 0.15) is 0 Å². The zero-order valence-corrected chi connectivity index (χ0v) is 12.9. The van der Waals surface area contributed by atoms with Gasteiger partial charge in [-0.05, 0) is 44.8 Å². The van der Waals surface area contributed by atoms with E-state index in [1.54, 1.807) is 0 Å². The number of likely N-dealkylation sites (tertiary alicyclic amines) is 1. The molecule has 1 N–H and O–H groups in total. The molecule has 1 heterocycles. The van der Waals surface area contributed by atoms with Gasteiger partial charge in [0.25, 0.3) is 0 Å². The van der Waals surface area contributed by atoms with Crippen LogP contribution >= 0.6 is 11.6 Å². The number of hydrogen-bond donors (Lipinski definition) is 1. The van der Waals surface area contributed by atoms with E-state index in [0.717, 1.165) is 44.7 Å². The summed E-state index contributed by atoms with van der Waals surface area (Å²) in [7, 11) is 0. The van der Waals surface area contributed by atoms with Crippen LogP contribution in [-0.4, -0.2) is 42.9 Å². The van der Waals surface area contributed by atoms with E-state index in [0.29, 0.717) is 17.5 Å². The first kappa shape index (κ1) is 15.8. The van der Waals surface area contributed by atoms with Crippen molar-refractivity contribution in [2.24, 2.45) is 5.92 Å². The maximum Gasteiger partial charge on any atom is 0.0931 e. The Morgan fingerprint density at radius 3 is 2.70 bits per heavy atom. The number of nitrogens with zero attached hydrogens (tertiary/aromatic N) is 1. The molecule has 2 rings (SSSR count). The van der Waals surface area contributed by atoms with Crippen LogP contribution in [-0.2, 0) is 4.74 Å². The monoisotopic (exact) mass is 297 g/mol. The van der Waals surface area contributed by atoms with Crippen LogP contribution in [0.15, 0.2) is 24.3 Å². The van der Waals surface area contributed by atoms with Gasteiger partial charge in [-0.3, -0.25) is 0 Å². The van der Waals surface area contributed by atoms with Crippen molar-refractivity contribution < 1.29 is 9.84 Å². The molecule has 0 saturated carbocycles. The third-order valence-electron chi connectivity index (χ3n) is 3.96.